The second kappa shape index (κ2) is 4.95. The molecule has 0 fully saturated rings. The topological polar surface area (TPSA) is 12.9 Å². The molecule has 16 heavy (non-hydrogen) atoms. The quantitative estimate of drug-likeness (QED) is 0.716. The number of aromatic nitrogens is 1. The van der Waals surface area contributed by atoms with Crippen LogP contribution in [0.5, 0.6) is 0 Å². The van der Waals surface area contributed by atoms with Crippen LogP contribution in [0.2, 0.25) is 0 Å². The number of pyridine rings is 1. The molecular formula is C14H15IN+. The van der Waals surface area contributed by atoms with Gasteiger partial charge in [0.1, 0.15) is 0 Å². The molecule has 1 aromatic carbocycles. The summed E-state index contributed by atoms with van der Waals surface area (Å²) >= 11 is -0.0900. The molecule has 2 aromatic rings. The van der Waals surface area contributed by atoms with Crippen molar-refractivity contribution in [3.8, 4) is 0 Å². The molecule has 0 saturated carbocycles. The summed E-state index contributed by atoms with van der Waals surface area (Å²) in [4.78, 5) is 4.19. The lowest BCUT2D eigenvalue weighted by Crippen LogP contribution is -3.62. The van der Waals surface area contributed by atoms with Crippen LogP contribution in [-0.4, -0.2) is 4.98 Å². The number of benzene rings is 1. The lowest BCUT2D eigenvalue weighted by molar-refractivity contribution is -0.599. The Kier molecular flexibility index (Phi) is 3.59. The van der Waals surface area contributed by atoms with Gasteiger partial charge < -0.3 is 0 Å². The Morgan fingerprint density at radius 2 is 1.75 bits per heavy atom. The number of hydrogen-bond acceptors (Lipinski definition) is 1. The summed E-state index contributed by atoms with van der Waals surface area (Å²) in [5.41, 5.74) is 4.21. The van der Waals surface area contributed by atoms with E-state index < -0.39 is 0 Å². The van der Waals surface area contributed by atoms with Crippen molar-refractivity contribution in [1.82, 2.24) is 4.98 Å². The number of halogens is 1. The first-order chi connectivity index (χ1) is 7.66. The molecule has 0 saturated heterocycles. The van der Waals surface area contributed by atoms with Gasteiger partial charge in [-0.25, -0.2) is 0 Å². The fourth-order valence-electron chi connectivity index (χ4n) is 1.82. The van der Waals surface area contributed by atoms with Crippen LogP contribution in [0.15, 0.2) is 36.7 Å². The SMILES string of the molecule is Cc1cc(C)c([I+]c2cccnc2)c(C)c1. The first-order valence-electron chi connectivity index (χ1n) is 5.29. The monoisotopic (exact) mass is 324 g/mol. The van der Waals surface area contributed by atoms with Gasteiger partial charge >= 0.3 is 21.2 Å². The van der Waals surface area contributed by atoms with Crippen LogP contribution in [0.3, 0.4) is 0 Å². The lowest BCUT2D eigenvalue weighted by Gasteiger charge is -2.00. The molecule has 0 atom stereocenters. The summed E-state index contributed by atoms with van der Waals surface area (Å²) in [5.74, 6) is 0. The molecule has 2 rings (SSSR count). The third-order valence-electron chi connectivity index (χ3n) is 2.41. The maximum atomic E-state index is 4.19. The molecule has 0 aliphatic heterocycles. The molecule has 0 unspecified atom stereocenters. The number of nitrogens with zero attached hydrogens (tertiary/aromatic N) is 1. The van der Waals surface area contributed by atoms with E-state index in [0.29, 0.717) is 0 Å². The summed E-state index contributed by atoms with van der Waals surface area (Å²) < 4.78 is 2.92. The van der Waals surface area contributed by atoms with Crippen LogP contribution in [0.1, 0.15) is 16.7 Å². The molecule has 0 spiro atoms. The average molecular weight is 324 g/mol. The third-order valence-corrected chi connectivity index (χ3v) is 5.91. The first-order valence-corrected chi connectivity index (χ1v) is 7.45. The van der Waals surface area contributed by atoms with E-state index in [9.17, 15) is 0 Å². The van der Waals surface area contributed by atoms with Gasteiger partial charge in [-0.15, -0.1) is 0 Å². The predicted molar refractivity (Wildman–Crippen MR) is 62.3 cm³/mol. The van der Waals surface area contributed by atoms with Crippen LogP contribution in [0.25, 0.3) is 0 Å². The van der Waals surface area contributed by atoms with Gasteiger partial charge in [-0.2, -0.15) is 0 Å². The minimum Gasteiger partial charge on any atom is -0.260 e. The van der Waals surface area contributed by atoms with Crippen LogP contribution in [0, 0.1) is 27.9 Å². The maximum absolute atomic E-state index is 4.19. The molecule has 1 nitrogen and oxygen atoms in total. The van der Waals surface area contributed by atoms with Crippen molar-refractivity contribution in [3.63, 3.8) is 0 Å². The Labute approximate surface area is 107 Å². The smallest absolute Gasteiger partial charge is 0.260 e. The number of aryl methyl sites for hydroxylation is 3. The van der Waals surface area contributed by atoms with Crippen LogP contribution < -0.4 is 21.2 Å². The highest BCUT2D eigenvalue weighted by Crippen LogP contribution is 2.07. The highest BCUT2D eigenvalue weighted by atomic mass is 127. The molecular weight excluding hydrogens is 309 g/mol. The second-order valence-electron chi connectivity index (χ2n) is 3.98. The molecule has 1 heterocycles. The van der Waals surface area contributed by atoms with Crippen molar-refractivity contribution in [3.05, 3.63) is 60.5 Å². The van der Waals surface area contributed by atoms with Gasteiger partial charge in [0.25, 0.3) is 0 Å². The van der Waals surface area contributed by atoms with Crippen molar-refractivity contribution in [2.45, 2.75) is 20.8 Å². The summed E-state index contributed by atoms with van der Waals surface area (Å²) in [7, 11) is 0. The average Bonchev–Trinajstić information content (AvgIpc) is 2.25. The zero-order chi connectivity index (χ0) is 11.5. The number of rotatable bonds is 2. The van der Waals surface area contributed by atoms with Gasteiger partial charge in [0.05, 0.1) is 6.20 Å². The number of hydrogen-bond donors (Lipinski definition) is 0. The van der Waals surface area contributed by atoms with E-state index in [0.717, 1.165) is 0 Å². The Hall–Kier alpha value is -0.900. The molecule has 0 aliphatic rings. The van der Waals surface area contributed by atoms with Crippen LogP contribution in [0.4, 0.5) is 0 Å². The van der Waals surface area contributed by atoms with E-state index in [4.69, 9.17) is 0 Å². The zero-order valence-corrected chi connectivity index (χ0v) is 11.9. The molecule has 0 N–H and O–H groups in total. The Balaban J connectivity index is 2.35. The van der Waals surface area contributed by atoms with E-state index in [-0.39, 0.29) is 21.2 Å². The Morgan fingerprint density at radius 1 is 1.06 bits per heavy atom. The molecule has 0 bridgehead atoms. The summed E-state index contributed by atoms with van der Waals surface area (Å²) in [5, 5.41) is 0. The highest BCUT2D eigenvalue weighted by Gasteiger charge is 2.21. The van der Waals surface area contributed by atoms with Gasteiger partial charge in [0.2, 0.25) is 3.57 Å². The molecule has 0 aliphatic carbocycles. The Morgan fingerprint density at radius 3 is 2.31 bits per heavy atom. The minimum absolute atomic E-state index is 0.0900. The fourth-order valence-corrected chi connectivity index (χ4v) is 4.29. The molecule has 2 heteroatoms. The van der Waals surface area contributed by atoms with Crippen molar-refractivity contribution in [1.29, 1.82) is 0 Å². The fraction of sp³-hybridized carbons (Fsp3) is 0.214. The van der Waals surface area contributed by atoms with Gasteiger partial charge in [0.15, 0.2) is 3.57 Å². The molecule has 0 amide bonds. The lowest BCUT2D eigenvalue weighted by atomic mass is 10.1. The van der Waals surface area contributed by atoms with E-state index in [1.165, 1.54) is 23.8 Å². The van der Waals surface area contributed by atoms with Gasteiger partial charge in [-0.05, 0) is 32.9 Å². The first kappa shape index (κ1) is 11.6. The zero-order valence-electron chi connectivity index (χ0n) is 9.79. The Bertz CT molecular complexity index is 468. The highest BCUT2D eigenvalue weighted by molar-refractivity contribution is 5.26. The van der Waals surface area contributed by atoms with Crippen LogP contribution >= 0.6 is 0 Å². The van der Waals surface area contributed by atoms with Gasteiger partial charge in [-0.3, -0.25) is 4.98 Å². The van der Waals surface area contributed by atoms with Crippen molar-refractivity contribution >= 4 is 0 Å². The molecule has 0 radical (unpaired) electrons. The van der Waals surface area contributed by atoms with Crippen molar-refractivity contribution in [2.24, 2.45) is 0 Å². The molecule has 82 valence electrons. The summed E-state index contributed by atoms with van der Waals surface area (Å²) in [6.07, 6.45) is 3.83. The molecule has 1 aromatic heterocycles. The third kappa shape index (κ3) is 2.61. The predicted octanol–water partition coefficient (Wildman–Crippen LogP) is 0.135. The summed E-state index contributed by atoms with van der Waals surface area (Å²) in [6.45, 7) is 6.59. The standard InChI is InChI=1S/C14H15IN/c1-10-7-11(2)14(12(3)8-10)15-13-5-4-6-16-9-13/h4-9H,1-3H3/q+1. The normalized spacial score (nSPS) is 10.4. The van der Waals surface area contributed by atoms with E-state index >= 15 is 0 Å². The second-order valence-corrected chi connectivity index (χ2v) is 6.84. The van der Waals surface area contributed by atoms with Crippen LogP contribution in [-0.2, 0) is 0 Å². The van der Waals surface area contributed by atoms with Gasteiger partial charge in [0, 0.05) is 17.3 Å². The largest absolute Gasteiger partial charge is 0.360 e. The van der Waals surface area contributed by atoms with E-state index in [2.05, 4.69) is 44.0 Å². The van der Waals surface area contributed by atoms with Crippen molar-refractivity contribution < 1.29 is 21.2 Å². The van der Waals surface area contributed by atoms with E-state index in [1.807, 2.05) is 18.5 Å². The summed E-state index contributed by atoms with van der Waals surface area (Å²) in [6, 6.07) is 8.75. The minimum atomic E-state index is -0.0900. The van der Waals surface area contributed by atoms with E-state index in [1.54, 1.807) is 0 Å². The maximum Gasteiger partial charge on any atom is 0.360 e. The van der Waals surface area contributed by atoms with Crippen molar-refractivity contribution in [2.75, 3.05) is 0 Å². The van der Waals surface area contributed by atoms with Gasteiger partial charge in [-0.1, -0.05) is 17.7 Å².